The number of nitrogens with zero attached hydrogens (tertiary/aromatic N) is 6. The second kappa shape index (κ2) is 12.9. The van der Waals surface area contributed by atoms with Crippen LogP contribution in [0.2, 0.25) is 0 Å². The number of hydrazine groups is 1. The number of azo groups is 1. The van der Waals surface area contributed by atoms with E-state index in [2.05, 4.69) is 111 Å². The van der Waals surface area contributed by atoms with E-state index < -0.39 is 0 Å². The van der Waals surface area contributed by atoms with Crippen molar-refractivity contribution in [1.82, 2.24) is 10.2 Å². The molecule has 0 atom stereocenters. The van der Waals surface area contributed by atoms with Crippen LogP contribution in [-0.2, 0) is 0 Å². The lowest BCUT2D eigenvalue weighted by Crippen LogP contribution is -2.36. The fourth-order valence-corrected chi connectivity index (χ4v) is 6.91. The SMILES string of the molecule is Cc1cc(NNc2ccc(Nc3ccc(N4CCCC4)s3)cc2C)ccc1N=Nc1nnc(N(C(C)C)C(C)C)s1. The summed E-state index contributed by atoms with van der Waals surface area (Å²) in [6.07, 6.45) is 2.58. The van der Waals surface area contributed by atoms with Gasteiger partial charge in [0, 0.05) is 30.9 Å². The van der Waals surface area contributed by atoms with Gasteiger partial charge >= 0.3 is 0 Å². The van der Waals surface area contributed by atoms with Crippen LogP contribution in [0.1, 0.15) is 51.7 Å². The molecule has 1 aliphatic heterocycles. The first kappa shape index (κ1) is 28.8. The highest BCUT2D eigenvalue weighted by Gasteiger charge is 2.19. The summed E-state index contributed by atoms with van der Waals surface area (Å²) in [5.41, 5.74) is 12.6. The lowest BCUT2D eigenvalue weighted by atomic mass is 10.2. The number of hydrogen-bond donors (Lipinski definition) is 3. The van der Waals surface area contributed by atoms with Gasteiger partial charge in [0.15, 0.2) is 0 Å². The predicted octanol–water partition coefficient (Wildman–Crippen LogP) is 9.04. The zero-order chi connectivity index (χ0) is 28.9. The Hall–Kier alpha value is -3.70. The van der Waals surface area contributed by atoms with Crippen LogP contribution in [-0.4, -0.2) is 35.4 Å². The first-order valence-corrected chi connectivity index (χ1v) is 15.8. The number of aryl methyl sites for hydroxylation is 2. The van der Waals surface area contributed by atoms with E-state index in [0.717, 1.165) is 44.0 Å². The van der Waals surface area contributed by atoms with Crippen LogP contribution in [0.3, 0.4) is 0 Å². The third-order valence-corrected chi connectivity index (χ3v) is 8.90. The van der Waals surface area contributed by atoms with Crippen molar-refractivity contribution in [2.45, 2.75) is 66.5 Å². The third kappa shape index (κ3) is 7.15. The second-order valence-corrected chi connectivity index (χ2v) is 12.9. The first-order chi connectivity index (χ1) is 19.8. The van der Waals surface area contributed by atoms with Crippen molar-refractivity contribution >= 4 is 65.7 Å². The molecule has 0 spiro atoms. The smallest absolute Gasteiger partial charge is 0.253 e. The third-order valence-electron chi connectivity index (χ3n) is 7.02. The number of rotatable bonds is 11. The van der Waals surface area contributed by atoms with Crippen molar-refractivity contribution in [3.05, 3.63) is 59.7 Å². The van der Waals surface area contributed by atoms with Crippen LogP contribution in [0.15, 0.2) is 58.8 Å². The predicted molar refractivity (Wildman–Crippen MR) is 175 cm³/mol. The van der Waals surface area contributed by atoms with E-state index in [0.29, 0.717) is 17.2 Å². The van der Waals surface area contributed by atoms with Gasteiger partial charge in [-0.1, -0.05) is 11.3 Å². The highest BCUT2D eigenvalue weighted by molar-refractivity contribution is 7.20. The summed E-state index contributed by atoms with van der Waals surface area (Å²) in [5, 5.41) is 24.8. The number of nitrogens with one attached hydrogen (secondary N) is 3. The molecular weight excluding hydrogens is 551 g/mol. The van der Waals surface area contributed by atoms with Crippen LogP contribution in [0.5, 0.6) is 0 Å². The Morgan fingerprint density at radius 1 is 0.805 bits per heavy atom. The van der Waals surface area contributed by atoms with E-state index in [1.807, 2.05) is 36.5 Å². The summed E-state index contributed by atoms with van der Waals surface area (Å²) < 4.78 is 0. The molecule has 2 aromatic carbocycles. The lowest BCUT2D eigenvalue weighted by Gasteiger charge is -2.29. The van der Waals surface area contributed by atoms with Crippen molar-refractivity contribution < 1.29 is 0 Å². The molecule has 4 aromatic rings. The van der Waals surface area contributed by atoms with E-state index in [9.17, 15) is 0 Å². The van der Waals surface area contributed by atoms with Crippen molar-refractivity contribution in [2.75, 3.05) is 39.1 Å². The minimum atomic E-state index is 0.335. The molecule has 0 unspecified atom stereocenters. The van der Waals surface area contributed by atoms with Crippen LogP contribution >= 0.6 is 22.7 Å². The average Bonchev–Trinajstić information content (AvgIpc) is 3.70. The maximum absolute atomic E-state index is 4.44. The Bertz CT molecular complexity index is 1480. The molecule has 1 saturated heterocycles. The maximum atomic E-state index is 4.44. The van der Waals surface area contributed by atoms with Gasteiger partial charge in [0.1, 0.15) is 0 Å². The Labute approximate surface area is 250 Å². The molecule has 1 fully saturated rings. The van der Waals surface area contributed by atoms with Crippen molar-refractivity contribution in [3.63, 3.8) is 0 Å². The van der Waals surface area contributed by atoms with E-state index in [-0.39, 0.29) is 0 Å². The number of benzene rings is 2. The highest BCUT2D eigenvalue weighted by atomic mass is 32.1. The minimum absolute atomic E-state index is 0.335. The Morgan fingerprint density at radius 3 is 2.24 bits per heavy atom. The van der Waals surface area contributed by atoms with Gasteiger partial charge in [-0.05, 0) is 114 Å². The van der Waals surface area contributed by atoms with E-state index in [1.165, 1.54) is 42.3 Å². The Morgan fingerprint density at radius 2 is 1.54 bits per heavy atom. The Balaban J connectivity index is 1.17. The number of hydrogen-bond acceptors (Lipinski definition) is 11. The zero-order valence-corrected chi connectivity index (χ0v) is 26.2. The molecule has 0 aliphatic carbocycles. The molecule has 0 saturated carbocycles. The van der Waals surface area contributed by atoms with Crippen LogP contribution in [0, 0.1) is 13.8 Å². The van der Waals surface area contributed by atoms with Crippen LogP contribution in [0.25, 0.3) is 0 Å². The normalized spacial score (nSPS) is 13.5. The molecule has 0 amide bonds. The number of aromatic nitrogens is 2. The summed E-state index contributed by atoms with van der Waals surface area (Å²) in [5.74, 6) is 0. The molecule has 9 nitrogen and oxygen atoms in total. The standard InChI is InChI=1S/C30H39N9S2/c1-19(2)39(20(3)4)30-37-36-29(41-30)35-34-26-12-10-24(18-22(26)6)32-33-25-11-9-23(17-21(25)5)31-27-13-14-28(40-27)38-15-7-8-16-38/h9-14,17-20,31-33H,7-8,15-16H2,1-6H3. The van der Waals surface area contributed by atoms with Crippen molar-refractivity contribution in [2.24, 2.45) is 10.2 Å². The summed E-state index contributed by atoms with van der Waals surface area (Å²) in [7, 11) is 0. The summed E-state index contributed by atoms with van der Waals surface area (Å²) >= 11 is 3.27. The molecule has 0 bridgehead atoms. The van der Waals surface area contributed by atoms with Crippen LogP contribution in [0.4, 0.5) is 43.0 Å². The van der Waals surface area contributed by atoms with Gasteiger partial charge in [-0.15, -0.1) is 31.8 Å². The number of anilines is 6. The molecule has 0 radical (unpaired) electrons. The molecule has 3 N–H and O–H groups in total. The largest absolute Gasteiger partial charge is 0.363 e. The number of thiophene rings is 1. The van der Waals surface area contributed by atoms with E-state index >= 15 is 0 Å². The Kier molecular flexibility index (Phi) is 9.04. The molecule has 3 heterocycles. The van der Waals surface area contributed by atoms with E-state index in [1.54, 1.807) is 0 Å². The van der Waals surface area contributed by atoms with Crippen molar-refractivity contribution in [1.29, 1.82) is 0 Å². The topological polar surface area (TPSA) is 93.1 Å². The van der Waals surface area contributed by atoms with Gasteiger partial charge in [0.05, 0.1) is 27.1 Å². The van der Waals surface area contributed by atoms with Gasteiger partial charge in [0.25, 0.3) is 5.13 Å². The summed E-state index contributed by atoms with van der Waals surface area (Å²) in [4.78, 5) is 4.70. The lowest BCUT2D eigenvalue weighted by molar-refractivity contribution is 0.603. The van der Waals surface area contributed by atoms with Crippen LogP contribution < -0.4 is 26.0 Å². The van der Waals surface area contributed by atoms with E-state index in [4.69, 9.17) is 0 Å². The molecule has 216 valence electrons. The molecular formula is C30H39N9S2. The molecule has 5 rings (SSSR count). The average molecular weight is 590 g/mol. The molecule has 1 aliphatic rings. The minimum Gasteiger partial charge on any atom is -0.363 e. The van der Waals surface area contributed by atoms with Gasteiger partial charge in [0.2, 0.25) is 5.13 Å². The quantitative estimate of drug-likeness (QED) is 0.119. The van der Waals surface area contributed by atoms with Gasteiger partial charge in [-0.25, -0.2) is 0 Å². The molecule has 2 aromatic heterocycles. The van der Waals surface area contributed by atoms with Gasteiger partial charge in [-0.2, -0.15) is 0 Å². The fraction of sp³-hybridized carbons (Fsp3) is 0.400. The second-order valence-electron chi connectivity index (χ2n) is 10.9. The molecule has 11 heteroatoms. The summed E-state index contributed by atoms with van der Waals surface area (Å²) in [6.45, 7) is 15.1. The maximum Gasteiger partial charge on any atom is 0.253 e. The highest BCUT2D eigenvalue weighted by Crippen LogP contribution is 2.35. The van der Waals surface area contributed by atoms with Gasteiger partial charge < -0.3 is 26.0 Å². The zero-order valence-electron chi connectivity index (χ0n) is 24.6. The molecule has 41 heavy (non-hydrogen) atoms. The van der Waals surface area contributed by atoms with Crippen molar-refractivity contribution in [3.8, 4) is 0 Å². The fourth-order valence-electron chi connectivity index (χ4n) is 5.00. The monoisotopic (exact) mass is 589 g/mol. The first-order valence-electron chi connectivity index (χ1n) is 14.2. The summed E-state index contributed by atoms with van der Waals surface area (Å²) in [6, 6.07) is 17.4. The van der Waals surface area contributed by atoms with Gasteiger partial charge in [-0.3, -0.25) is 0 Å².